The number of fused-ring (bicyclic) bond motifs is 1. The number of rotatable bonds is 7. The van der Waals surface area contributed by atoms with Crippen molar-refractivity contribution in [2.24, 2.45) is 0 Å². The number of carbonyl (C=O) groups is 1. The highest BCUT2D eigenvalue weighted by Gasteiger charge is 2.21. The van der Waals surface area contributed by atoms with Crippen molar-refractivity contribution in [3.05, 3.63) is 38.8 Å². The lowest BCUT2D eigenvalue weighted by Crippen LogP contribution is -2.37. The zero-order chi connectivity index (χ0) is 20.3. The second kappa shape index (κ2) is 8.63. The highest BCUT2D eigenvalue weighted by molar-refractivity contribution is 6.00. The lowest BCUT2D eigenvalue weighted by Gasteiger charge is -2.17. The van der Waals surface area contributed by atoms with Crippen molar-refractivity contribution in [3.8, 4) is 0 Å². The number of aryl methyl sites for hydroxylation is 3. The minimum Gasteiger partial charge on any atom is -0.462 e. The number of aliphatic hydroxyl groups excluding tert-OH is 1. The third-order valence-electron chi connectivity index (χ3n) is 4.51. The molecule has 0 aliphatic carbocycles. The van der Waals surface area contributed by atoms with E-state index in [4.69, 9.17) is 4.74 Å². The van der Waals surface area contributed by atoms with Gasteiger partial charge in [-0.1, -0.05) is 13.8 Å². The Hall–Kier alpha value is -2.25. The molecule has 0 fully saturated rings. The Balaban J connectivity index is 2.56. The maximum atomic E-state index is 13.0. The minimum atomic E-state index is -0.746. The van der Waals surface area contributed by atoms with Crippen molar-refractivity contribution in [1.82, 2.24) is 15.1 Å². The van der Waals surface area contributed by atoms with Gasteiger partial charge in [0.15, 0.2) is 0 Å². The number of aromatic nitrogens is 2. The average Bonchev–Trinajstić information content (AvgIpc) is 2.57. The van der Waals surface area contributed by atoms with Gasteiger partial charge in [0, 0.05) is 18.0 Å². The normalized spacial score (nSPS) is 12.6. The number of aliphatic hydroxyl groups is 1. The molecule has 2 aromatic rings. The van der Waals surface area contributed by atoms with Gasteiger partial charge in [0.25, 0.3) is 5.56 Å². The number of nitrogens with one attached hydrogen (secondary N) is 1. The summed E-state index contributed by atoms with van der Waals surface area (Å²) in [6.45, 7) is 11.8. The van der Waals surface area contributed by atoms with E-state index < -0.39 is 12.1 Å². The molecule has 0 aliphatic heterocycles. The van der Waals surface area contributed by atoms with Gasteiger partial charge >= 0.3 is 5.97 Å². The summed E-state index contributed by atoms with van der Waals surface area (Å²) in [5, 5.41) is 18.9. The number of benzene rings is 1. The summed E-state index contributed by atoms with van der Waals surface area (Å²) in [4.78, 5) is 25.4. The quantitative estimate of drug-likeness (QED) is 0.718. The molecule has 0 aliphatic rings. The SMILES string of the molecule is CCOC(=O)c1c(C)cc2c(C)nn(CC(O)CNC(C)C)c(=O)c2c1C. The largest absolute Gasteiger partial charge is 0.462 e. The fraction of sp³-hybridized carbons (Fsp3) is 0.550. The van der Waals surface area contributed by atoms with Crippen LogP contribution in [-0.4, -0.2) is 46.2 Å². The van der Waals surface area contributed by atoms with E-state index in [-0.39, 0.29) is 24.8 Å². The van der Waals surface area contributed by atoms with Crippen molar-refractivity contribution < 1.29 is 14.6 Å². The van der Waals surface area contributed by atoms with Crippen LogP contribution in [0.2, 0.25) is 0 Å². The number of ether oxygens (including phenoxy) is 1. The molecule has 1 aromatic heterocycles. The van der Waals surface area contributed by atoms with E-state index in [1.165, 1.54) is 4.68 Å². The van der Waals surface area contributed by atoms with E-state index in [1.807, 2.05) is 27.7 Å². The Labute approximate surface area is 159 Å². The van der Waals surface area contributed by atoms with Gasteiger partial charge in [0.2, 0.25) is 0 Å². The van der Waals surface area contributed by atoms with Gasteiger partial charge < -0.3 is 15.2 Å². The zero-order valence-corrected chi connectivity index (χ0v) is 16.9. The summed E-state index contributed by atoms with van der Waals surface area (Å²) in [5.74, 6) is -0.434. The van der Waals surface area contributed by atoms with Gasteiger partial charge in [-0.05, 0) is 44.9 Å². The van der Waals surface area contributed by atoms with Crippen LogP contribution in [0, 0.1) is 20.8 Å². The van der Waals surface area contributed by atoms with Crippen LogP contribution in [0.3, 0.4) is 0 Å². The predicted octanol–water partition coefficient (Wildman–Crippen LogP) is 1.86. The first-order valence-electron chi connectivity index (χ1n) is 9.27. The fourth-order valence-electron chi connectivity index (χ4n) is 3.23. The number of hydrogen-bond acceptors (Lipinski definition) is 6. The molecular weight excluding hydrogens is 346 g/mol. The molecule has 0 radical (unpaired) electrons. The zero-order valence-electron chi connectivity index (χ0n) is 16.9. The Morgan fingerprint density at radius 1 is 1.33 bits per heavy atom. The Kier molecular flexibility index (Phi) is 6.73. The maximum absolute atomic E-state index is 13.0. The minimum absolute atomic E-state index is 0.0807. The number of nitrogens with zero attached hydrogens (tertiary/aromatic N) is 2. The molecule has 2 rings (SSSR count). The lowest BCUT2D eigenvalue weighted by molar-refractivity contribution is 0.0525. The Morgan fingerprint density at radius 2 is 2.00 bits per heavy atom. The van der Waals surface area contributed by atoms with Crippen molar-refractivity contribution in [2.45, 2.75) is 60.2 Å². The van der Waals surface area contributed by atoms with Gasteiger partial charge in [-0.2, -0.15) is 5.10 Å². The predicted molar refractivity (Wildman–Crippen MR) is 105 cm³/mol. The van der Waals surface area contributed by atoms with Crippen LogP contribution < -0.4 is 10.9 Å². The molecule has 0 saturated carbocycles. The van der Waals surface area contributed by atoms with E-state index in [1.54, 1.807) is 19.9 Å². The smallest absolute Gasteiger partial charge is 0.338 e. The summed E-state index contributed by atoms with van der Waals surface area (Å²) in [7, 11) is 0. The first-order valence-corrected chi connectivity index (χ1v) is 9.27. The molecule has 1 unspecified atom stereocenters. The van der Waals surface area contributed by atoms with Gasteiger partial charge in [-0.25, -0.2) is 9.48 Å². The molecule has 2 N–H and O–H groups in total. The van der Waals surface area contributed by atoms with Crippen molar-refractivity contribution in [1.29, 1.82) is 0 Å². The van der Waals surface area contributed by atoms with Crippen LogP contribution in [0.5, 0.6) is 0 Å². The van der Waals surface area contributed by atoms with Crippen molar-refractivity contribution >= 4 is 16.7 Å². The van der Waals surface area contributed by atoms with E-state index in [9.17, 15) is 14.7 Å². The van der Waals surface area contributed by atoms with E-state index >= 15 is 0 Å². The van der Waals surface area contributed by atoms with Gasteiger partial charge in [-0.3, -0.25) is 4.79 Å². The van der Waals surface area contributed by atoms with Crippen molar-refractivity contribution in [3.63, 3.8) is 0 Å². The van der Waals surface area contributed by atoms with Crippen LogP contribution in [0.1, 0.15) is 48.0 Å². The van der Waals surface area contributed by atoms with Crippen LogP contribution in [0.25, 0.3) is 10.8 Å². The second-order valence-electron chi connectivity index (χ2n) is 7.13. The third-order valence-corrected chi connectivity index (χ3v) is 4.51. The van der Waals surface area contributed by atoms with Crippen LogP contribution in [0.15, 0.2) is 10.9 Å². The first-order chi connectivity index (χ1) is 12.7. The number of hydrogen-bond donors (Lipinski definition) is 2. The summed E-state index contributed by atoms with van der Waals surface area (Å²) >= 11 is 0. The van der Waals surface area contributed by atoms with Crippen LogP contribution in [-0.2, 0) is 11.3 Å². The summed E-state index contributed by atoms with van der Waals surface area (Å²) in [6.07, 6.45) is -0.746. The van der Waals surface area contributed by atoms with Crippen LogP contribution in [0.4, 0.5) is 0 Å². The van der Waals surface area contributed by atoms with Crippen molar-refractivity contribution in [2.75, 3.05) is 13.2 Å². The number of carbonyl (C=O) groups excluding carboxylic acids is 1. The second-order valence-corrected chi connectivity index (χ2v) is 7.13. The molecule has 0 amide bonds. The first kappa shape index (κ1) is 21.1. The third kappa shape index (κ3) is 4.54. The molecule has 1 atom stereocenters. The highest BCUT2D eigenvalue weighted by Crippen LogP contribution is 2.25. The van der Waals surface area contributed by atoms with E-state index in [2.05, 4.69) is 10.4 Å². The summed E-state index contributed by atoms with van der Waals surface area (Å²) in [6, 6.07) is 2.04. The summed E-state index contributed by atoms with van der Waals surface area (Å²) in [5.41, 5.74) is 2.11. The molecule has 0 spiro atoms. The van der Waals surface area contributed by atoms with Gasteiger partial charge in [0.05, 0.1) is 35.9 Å². The van der Waals surface area contributed by atoms with Gasteiger partial charge in [-0.15, -0.1) is 0 Å². The van der Waals surface area contributed by atoms with Crippen LogP contribution >= 0.6 is 0 Å². The van der Waals surface area contributed by atoms with E-state index in [0.29, 0.717) is 34.1 Å². The molecule has 0 bridgehead atoms. The topological polar surface area (TPSA) is 93.4 Å². The molecule has 7 nitrogen and oxygen atoms in total. The molecule has 7 heteroatoms. The lowest BCUT2D eigenvalue weighted by atomic mass is 9.96. The fourth-order valence-corrected chi connectivity index (χ4v) is 3.23. The molecule has 0 saturated heterocycles. The average molecular weight is 375 g/mol. The Morgan fingerprint density at radius 3 is 2.59 bits per heavy atom. The molecular formula is C20H29N3O4. The maximum Gasteiger partial charge on any atom is 0.338 e. The number of esters is 1. The molecule has 1 heterocycles. The Bertz CT molecular complexity index is 902. The monoisotopic (exact) mass is 375 g/mol. The molecule has 1 aromatic carbocycles. The highest BCUT2D eigenvalue weighted by atomic mass is 16.5. The standard InChI is InChI=1S/C20H29N3O4/c1-7-27-20(26)17-12(4)8-16-14(6)22-23(19(25)18(16)13(17)5)10-15(24)9-21-11(2)3/h8,11,15,21,24H,7,9-10H2,1-6H3. The van der Waals surface area contributed by atoms with Gasteiger partial charge in [0.1, 0.15) is 0 Å². The summed E-state index contributed by atoms with van der Waals surface area (Å²) < 4.78 is 6.43. The van der Waals surface area contributed by atoms with E-state index in [0.717, 1.165) is 5.56 Å². The molecule has 27 heavy (non-hydrogen) atoms. The molecule has 148 valence electrons.